The minimum absolute atomic E-state index is 0.421. The number of aromatic nitrogens is 1. The maximum Gasteiger partial charge on any atom is 0.340 e. The van der Waals surface area contributed by atoms with E-state index < -0.39 is 11.6 Å². The molecule has 0 bridgehead atoms. The Morgan fingerprint density at radius 1 is 1.18 bits per heavy atom. The molecular weight excluding hydrogens is 450 g/mol. The zero-order chi connectivity index (χ0) is 24.5. The van der Waals surface area contributed by atoms with Crippen LogP contribution in [-0.2, 0) is 21.6 Å². The molecule has 6 nitrogen and oxygen atoms in total. The van der Waals surface area contributed by atoms with Crippen molar-refractivity contribution < 1.29 is 23.8 Å². The first-order valence-corrected chi connectivity index (χ1v) is 12.1. The summed E-state index contributed by atoms with van der Waals surface area (Å²) < 4.78 is 18.2. The predicted molar refractivity (Wildman–Crippen MR) is 134 cm³/mol. The van der Waals surface area contributed by atoms with Crippen LogP contribution < -0.4 is 4.74 Å². The van der Waals surface area contributed by atoms with Gasteiger partial charge in [-0.05, 0) is 55.0 Å². The lowest BCUT2D eigenvalue weighted by molar-refractivity contribution is -0.161. The highest BCUT2D eigenvalue weighted by Crippen LogP contribution is 2.39. The molecule has 2 heterocycles. The molecule has 2 aromatic carbocycles. The van der Waals surface area contributed by atoms with Gasteiger partial charge in [-0.3, -0.25) is 0 Å². The molecule has 0 spiro atoms. The Balaban J connectivity index is 1.49. The van der Waals surface area contributed by atoms with E-state index in [0.29, 0.717) is 36.1 Å². The number of carboxylic acids is 1. The quantitative estimate of drug-likeness (QED) is 0.293. The number of aliphatic carboxylic acids is 1. The second-order valence-electron chi connectivity index (χ2n) is 8.71. The first-order valence-electron chi connectivity index (χ1n) is 11.2. The zero-order valence-corrected chi connectivity index (χ0v) is 20.9. The molecule has 4 aromatic rings. The minimum Gasteiger partial charge on any atom is -0.493 e. The molecule has 34 heavy (non-hydrogen) atoms. The Morgan fingerprint density at radius 3 is 2.56 bits per heavy atom. The number of carboxylic acid groups (broad SMARTS) is 1. The van der Waals surface area contributed by atoms with Crippen molar-refractivity contribution in [2.45, 2.75) is 45.6 Å². The molecule has 2 aromatic heterocycles. The van der Waals surface area contributed by atoms with Gasteiger partial charge in [0.15, 0.2) is 5.60 Å². The lowest BCUT2D eigenvalue weighted by atomic mass is 9.94. The number of rotatable bonds is 9. The molecule has 1 N–H and O–H groups in total. The summed E-state index contributed by atoms with van der Waals surface area (Å²) in [5.74, 6) is 1.54. The van der Waals surface area contributed by atoms with Crippen LogP contribution >= 0.6 is 11.3 Å². The molecule has 0 aliphatic rings. The normalized spacial score (nSPS) is 13.4. The molecular formula is C27H29NO5S. The minimum atomic E-state index is -1.43. The summed E-state index contributed by atoms with van der Waals surface area (Å²) in [5, 5.41) is 12.5. The monoisotopic (exact) mass is 479 g/mol. The van der Waals surface area contributed by atoms with Crippen molar-refractivity contribution in [2.24, 2.45) is 0 Å². The average Bonchev–Trinajstić information content (AvgIpc) is 3.46. The van der Waals surface area contributed by atoms with Crippen LogP contribution in [0.1, 0.15) is 49.3 Å². The lowest BCUT2D eigenvalue weighted by Gasteiger charge is -2.24. The number of aryl methyl sites for hydroxylation is 1. The van der Waals surface area contributed by atoms with Gasteiger partial charge < -0.3 is 19.0 Å². The van der Waals surface area contributed by atoms with Crippen LogP contribution in [0.25, 0.3) is 21.5 Å². The Bertz CT molecular complexity index is 1300. The van der Waals surface area contributed by atoms with Crippen molar-refractivity contribution >= 4 is 27.4 Å². The van der Waals surface area contributed by atoms with E-state index in [-0.39, 0.29) is 0 Å². The Hall–Kier alpha value is -3.16. The van der Waals surface area contributed by atoms with E-state index in [1.165, 1.54) is 24.0 Å². The molecule has 0 fully saturated rings. The highest BCUT2D eigenvalue weighted by atomic mass is 32.1. The average molecular weight is 480 g/mol. The summed E-state index contributed by atoms with van der Waals surface area (Å²) in [6.07, 6.45) is 0.595. The Labute approximate surface area is 203 Å². The largest absolute Gasteiger partial charge is 0.493 e. The molecule has 0 saturated heterocycles. The molecule has 0 amide bonds. The number of carbonyl (C=O) groups is 1. The first kappa shape index (κ1) is 24.0. The zero-order valence-electron chi connectivity index (χ0n) is 20.0. The van der Waals surface area contributed by atoms with Gasteiger partial charge in [0.05, 0.1) is 12.3 Å². The molecule has 178 valence electrons. The summed E-state index contributed by atoms with van der Waals surface area (Å²) in [6.45, 7) is 8.23. The predicted octanol–water partition coefficient (Wildman–Crippen LogP) is 6.56. The molecule has 7 heteroatoms. The number of ether oxygens (including phenoxy) is 2. The Morgan fingerprint density at radius 2 is 1.91 bits per heavy atom. The lowest BCUT2D eigenvalue weighted by Crippen LogP contribution is -2.34. The van der Waals surface area contributed by atoms with Crippen molar-refractivity contribution in [1.82, 2.24) is 4.98 Å². The van der Waals surface area contributed by atoms with Crippen LogP contribution in [-0.4, -0.2) is 29.8 Å². The summed E-state index contributed by atoms with van der Waals surface area (Å²) >= 11 is 1.47. The van der Waals surface area contributed by atoms with E-state index >= 15 is 0 Å². The third kappa shape index (κ3) is 4.45. The van der Waals surface area contributed by atoms with Gasteiger partial charge in [-0.2, -0.15) is 0 Å². The highest BCUT2D eigenvalue weighted by Gasteiger charge is 2.37. The van der Waals surface area contributed by atoms with Crippen LogP contribution in [0.3, 0.4) is 0 Å². The van der Waals surface area contributed by atoms with E-state index in [1.54, 1.807) is 13.0 Å². The molecule has 0 radical (unpaired) electrons. The SMILES string of the molecule is COC(C)(C(=O)O)c1ccc(OCCc2nc(-c3ccc(C(C)C)cc3)oc2C)c2ccsc12. The summed E-state index contributed by atoms with van der Waals surface area (Å²) in [6, 6.07) is 13.8. The molecule has 1 atom stereocenters. The van der Waals surface area contributed by atoms with Gasteiger partial charge in [0, 0.05) is 34.7 Å². The van der Waals surface area contributed by atoms with Gasteiger partial charge >= 0.3 is 5.97 Å². The number of fused-ring (bicyclic) bond motifs is 1. The second-order valence-corrected chi connectivity index (χ2v) is 9.63. The van der Waals surface area contributed by atoms with E-state index in [0.717, 1.165) is 27.1 Å². The Kier molecular flexibility index (Phi) is 6.77. The van der Waals surface area contributed by atoms with Crippen molar-refractivity contribution in [2.75, 3.05) is 13.7 Å². The van der Waals surface area contributed by atoms with E-state index in [1.807, 2.05) is 36.6 Å². The molecule has 0 aliphatic carbocycles. The van der Waals surface area contributed by atoms with Crippen LogP contribution in [0.4, 0.5) is 0 Å². The van der Waals surface area contributed by atoms with Crippen molar-refractivity contribution in [1.29, 1.82) is 0 Å². The number of hydrogen-bond donors (Lipinski definition) is 1. The maximum absolute atomic E-state index is 11.8. The maximum atomic E-state index is 11.8. The van der Waals surface area contributed by atoms with Gasteiger partial charge in [-0.15, -0.1) is 11.3 Å². The van der Waals surface area contributed by atoms with Gasteiger partial charge in [0.2, 0.25) is 5.89 Å². The van der Waals surface area contributed by atoms with Crippen LogP contribution in [0.5, 0.6) is 5.75 Å². The number of thiophene rings is 1. The third-order valence-corrected chi connectivity index (χ3v) is 7.17. The van der Waals surface area contributed by atoms with Crippen LogP contribution in [0.2, 0.25) is 0 Å². The third-order valence-electron chi connectivity index (χ3n) is 6.22. The van der Waals surface area contributed by atoms with E-state index in [2.05, 4.69) is 31.0 Å². The summed E-state index contributed by atoms with van der Waals surface area (Å²) in [4.78, 5) is 16.5. The van der Waals surface area contributed by atoms with Crippen molar-refractivity contribution in [3.63, 3.8) is 0 Å². The number of hydrogen-bond acceptors (Lipinski definition) is 6. The van der Waals surface area contributed by atoms with Gasteiger partial charge in [0.25, 0.3) is 0 Å². The van der Waals surface area contributed by atoms with Crippen molar-refractivity contribution in [3.8, 4) is 17.2 Å². The first-order chi connectivity index (χ1) is 16.2. The molecule has 1 unspecified atom stereocenters. The van der Waals surface area contributed by atoms with Gasteiger partial charge in [0.1, 0.15) is 11.5 Å². The number of benzene rings is 2. The number of nitrogens with zero attached hydrogens (tertiary/aromatic N) is 1. The second kappa shape index (κ2) is 9.60. The summed E-state index contributed by atoms with van der Waals surface area (Å²) in [5.41, 5.74) is 2.28. The van der Waals surface area contributed by atoms with Gasteiger partial charge in [-0.25, -0.2) is 9.78 Å². The fourth-order valence-corrected chi connectivity index (χ4v) is 4.93. The molecule has 0 saturated carbocycles. The highest BCUT2D eigenvalue weighted by molar-refractivity contribution is 7.17. The topological polar surface area (TPSA) is 81.8 Å². The van der Waals surface area contributed by atoms with Crippen molar-refractivity contribution in [3.05, 3.63) is 70.4 Å². The fourth-order valence-electron chi connectivity index (χ4n) is 3.90. The standard InChI is InChI=1S/C27H29NO5S/c1-16(2)18-6-8-19(9-7-18)25-28-22(17(3)33-25)12-14-32-23-11-10-21(24-20(23)13-15-34-24)27(4,31-5)26(29)30/h6-11,13,15-16H,12,14H2,1-5H3,(H,29,30). The summed E-state index contributed by atoms with van der Waals surface area (Å²) in [7, 11) is 1.41. The fraction of sp³-hybridized carbons (Fsp3) is 0.333. The molecule has 4 rings (SSSR count). The van der Waals surface area contributed by atoms with Gasteiger partial charge in [-0.1, -0.05) is 32.0 Å². The number of oxazole rings is 1. The smallest absolute Gasteiger partial charge is 0.340 e. The van der Waals surface area contributed by atoms with E-state index in [9.17, 15) is 9.90 Å². The molecule has 0 aliphatic heterocycles. The number of methoxy groups -OCH3 is 1. The van der Waals surface area contributed by atoms with Crippen LogP contribution in [0.15, 0.2) is 52.3 Å². The van der Waals surface area contributed by atoms with Crippen LogP contribution in [0, 0.1) is 6.92 Å². The van der Waals surface area contributed by atoms with E-state index in [4.69, 9.17) is 13.9 Å².